The van der Waals surface area contributed by atoms with E-state index in [1.807, 2.05) is 31.2 Å². The lowest BCUT2D eigenvalue weighted by atomic mass is 10.2. The Morgan fingerprint density at radius 1 is 1.33 bits per heavy atom. The van der Waals surface area contributed by atoms with Crippen molar-refractivity contribution in [3.8, 4) is 5.75 Å². The molecule has 1 N–H and O–H groups in total. The Morgan fingerprint density at radius 2 is 1.93 bits per heavy atom. The van der Waals surface area contributed by atoms with Crippen LogP contribution < -0.4 is 4.74 Å². The molecule has 0 heterocycles. The molecule has 2 nitrogen and oxygen atoms in total. The highest BCUT2D eigenvalue weighted by Gasteiger charge is 2.10. The first-order chi connectivity index (χ1) is 7.13. The summed E-state index contributed by atoms with van der Waals surface area (Å²) < 4.78 is 5.45. The van der Waals surface area contributed by atoms with E-state index >= 15 is 0 Å². The second kappa shape index (κ2) is 6.13. The average Bonchev–Trinajstić information content (AvgIpc) is 2.26. The van der Waals surface area contributed by atoms with Crippen LogP contribution in [0.4, 0.5) is 0 Å². The van der Waals surface area contributed by atoms with E-state index in [9.17, 15) is 5.11 Å². The summed E-state index contributed by atoms with van der Waals surface area (Å²) in [6.07, 6.45) is 0.553. The number of aliphatic hydroxyl groups is 1. The number of hydrogen-bond acceptors (Lipinski definition) is 2. The molecule has 0 aliphatic heterocycles. The highest BCUT2D eigenvalue weighted by atomic mass is 79.9. The van der Waals surface area contributed by atoms with Crippen molar-refractivity contribution in [1.82, 2.24) is 0 Å². The monoisotopic (exact) mass is 272 g/mol. The van der Waals surface area contributed by atoms with Gasteiger partial charge in [-0.3, -0.25) is 0 Å². The number of aryl methyl sites for hydroxylation is 1. The molecule has 2 atom stereocenters. The van der Waals surface area contributed by atoms with E-state index in [-0.39, 0.29) is 4.83 Å². The molecular weight excluding hydrogens is 256 g/mol. The lowest BCUT2D eigenvalue weighted by molar-refractivity contribution is 0.110. The standard InChI is InChI=1S/C12H17BrO2/c1-3-10-4-6-11(7-5-10)15-8-12(14)9(2)13/h4-7,9,12,14H,3,8H2,1-2H3/t9-,12-/m0/s1. The summed E-state index contributed by atoms with van der Waals surface area (Å²) in [5.41, 5.74) is 1.29. The van der Waals surface area contributed by atoms with Gasteiger partial charge in [0.25, 0.3) is 0 Å². The molecule has 0 bridgehead atoms. The zero-order chi connectivity index (χ0) is 11.3. The zero-order valence-corrected chi connectivity index (χ0v) is 10.7. The van der Waals surface area contributed by atoms with Gasteiger partial charge in [-0.15, -0.1) is 0 Å². The molecular formula is C12H17BrO2. The van der Waals surface area contributed by atoms with E-state index in [0.717, 1.165) is 12.2 Å². The van der Waals surface area contributed by atoms with Gasteiger partial charge in [0.05, 0.1) is 0 Å². The van der Waals surface area contributed by atoms with Crippen molar-refractivity contribution < 1.29 is 9.84 Å². The minimum absolute atomic E-state index is 0.0485. The highest BCUT2D eigenvalue weighted by molar-refractivity contribution is 9.09. The number of alkyl halides is 1. The largest absolute Gasteiger partial charge is 0.491 e. The Hall–Kier alpha value is -0.540. The van der Waals surface area contributed by atoms with Crippen molar-refractivity contribution in [1.29, 1.82) is 0 Å². The molecule has 0 spiro atoms. The fraction of sp³-hybridized carbons (Fsp3) is 0.500. The molecule has 0 unspecified atom stereocenters. The van der Waals surface area contributed by atoms with Crippen LogP contribution in [0.5, 0.6) is 5.75 Å². The maximum atomic E-state index is 9.52. The van der Waals surface area contributed by atoms with Crippen LogP contribution in [0.2, 0.25) is 0 Å². The Morgan fingerprint density at radius 3 is 2.40 bits per heavy atom. The summed E-state index contributed by atoms with van der Waals surface area (Å²) in [7, 11) is 0. The van der Waals surface area contributed by atoms with Crippen molar-refractivity contribution in [2.45, 2.75) is 31.2 Å². The molecule has 1 aromatic carbocycles. The van der Waals surface area contributed by atoms with E-state index in [4.69, 9.17) is 4.74 Å². The number of benzene rings is 1. The molecule has 0 fully saturated rings. The predicted molar refractivity (Wildman–Crippen MR) is 65.7 cm³/mol. The highest BCUT2D eigenvalue weighted by Crippen LogP contribution is 2.14. The summed E-state index contributed by atoms with van der Waals surface area (Å²) in [5, 5.41) is 9.52. The molecule has 0 radical (unpaired) electrons. The molecule has 15 heavy (non-hydrogen) atoms. The van der Waals surface area contributed by atoms with Crippen LogP contribution in [0.15, 0.2) is 24.3 Å². The first-order valence-corrected chi connectivity index (χ1v) is 6.09. The van der Waals surface area contributed by atoms with Crippen LogP contribution >= 0.6 is 15.9 Å². The number of rotatable bonds is 5. The first kappa shape index (κ1) is 12.5. The third kappa shape index (κ3) is 4.22. The summed E-state index contributed by atoms with van der Waals surface area (Å²) in [6, 6.07) is 7.95. The van der Waals surface area contributed by atoms with Gasteiger partial charge in [0.1, 0.15) is 18.5 Å². The van der Waals surface area contributed by atoms with Crippen LogP contribution in [-0.4, -0.2) is 22.6 Å². The number of aliphatic hydroxyl groups excluding tert-OH is 1. The Bertz CT molecular complexity index is 282. The summed E-state index contributed by atoms with van der Waals surface area (Å²) in [5.74, 6) is 0.805. The van der Waals surface area contributed by atoms with Crippen LogP contribution in [-0.2, 0) is 6.42 Å². The van der Waals surface area contributed by atoms with Gasteiger partial charge in [0, 0.05) is 4.83 Å². The molecule has 0 saturated heterocycles. The van der Waals surface area contributed by atoms with Crippen LogP contribution in [0.1, 0.15) is 19.4 Å². The third-order valence-electron chi connectivity index (χ3n) is 2.28. The molecule has 0 amide bonds. The maximum Gasteiger partial charge on any atom is 0.119 e. The summed E-state index contributed by atoms with van der Waals surface area (Å²) >= 11 is 3.31. The Labute approximate surface area is 99.4 Å². The molecule has 1 rings (SSSR count). The molecule has 3 heteroatoms. The molecule has 84 valence electrons. The van der Waals surface area contributed by atoms with E-state index in [2.05, 4.69) is 22.9 Å². The first-order valence-electron chi connectivity index (χ1n) is 5.17. The lowest BCUT2D eigenvalue weighted by Crippen LogP contribution is -2.25. The molecule has 1 aromatic rings. The minimum atomic E-state index is -0.476. The van der Waals surface area contributed by atoms with Crippen LogP contribution in [0.25, 0.3) is 0 Å². The number of hydrogen-bond donors (Lipinski definition) is 1. The Kier molecular flexibility index (Phi) is 5.12. The van der Waals surface area contributed by atoms with Crippen molar-refractivity contribution in [2.24, 2.45) is 0 Å². The van der Waals surface area contributed by atoms with Gasteiger partial charge >= 0.3 is 0 Å². The van der Waals surface area contributed by atoms with E-state index in [0.29, 0.717) is 6.61 Å². The van der Waals surface area contributed by atoms with Gasteiger partial charge in [0.2, 0.25) is 0 Å². The number of halogens is 1. The molecule has 0 saturated carbocycles. The maximum absolute atomic E-state index is 9.52. The van der Waals surface area contributed by atoms with Gasteiger partial charge in [-0.25, -0.2) is 0 Å². The predicted octanol–water partition coefficient (Wildman–Crippen LogP) is 2.77. The third-order valence-corrected chi connectivity index (χ3v) is 2.89. The SMILES string of the molecule is CCc1ccc(OC[C@H](O)[C@H](C)Br)cc1. The van der Waals surface area contributed by atoms with Crippen molar-refractivity contribution in [2.75, 3.05) is 6.61 Å². The fourth-order valence-electron chi connectivity index (χ4n) is 1.14. The summed E-state index contributed by atoms with van der Waals surface area (Å²) in [6.45, 7) is 4.33. The van der Waals surface area contributed by atoms with E-state index < -0.39 is 6.10 Å². The average molecular weight is 273 g/mol. The van der Waals surface area contributed by atoms with E-state index in [1.165, 1.54) is 5.56 Å². The van der Waals surface area contributed by atoms with Crippen LogP contribution in [0, 0.1) is 0 Å². The number of ether oxygens (including phenoxy) is 1. The summed E-state index contributed by atoms with van der Waals surface area (Å²) in [4.78, 5) is 0.0485. The van der Waals surface area contributed by atoms with Gasteiger partial charge < -0.3 is 9.84 Å². The van der Waals surface area contributed by atoms with Gasteiger partial charge in [-0.2, -0.15) is 0 Å². The van der Waals surface area contributed by atoms with Crippen molar-refractivity contribution in [3.63, 3.8) is 0 Å². The van der Waals surface area contributed by atoms with Gasteiger partial charge in [0.15, 0.2) is 0 Å². The second-order valence-electron chi connectivity index (χ2n) is 3.55. The molecule has 0 aromatic heterocycles. The quantitative estimate of drug-likeness (QED) is 0.836. The van der Waals surface area contributed by atoms with Gasteiger partial charge in [-0.1, -0.05) is 41.9 Å². The topological polar surface area (TPSA) is 29.5 Å². The van der Waals surface area contributed by atoms with E-state index in [1.54, 1.807) is 0 Å². The second-order valence-corrected chi connectivity index (χ2v) is 5.00. The van der Waals surface area contributed by atoms with Crippen molar-refractivity contribution >= 4 is 15.9 Å². The molecule has 0 aliphatic rings. The van der Waals surface area contributed by atoms with Crippen molar-refractivity contribution in [3.05, 3.63) is 29.8 Å². The Balaban J connectivity index is 2.44. The zero-order valence-electron chi connectivity index (χ0n) is 9.11. The smallest absolute Gasteiger partial charge is 0.119 e. The fourth-order valence-corrected chi connectivity index (χ4v) is 1.29. The lowest BCUT2D eigenvalue weighted by Gasteiger charge is -2.14. The normalized spacial score (nSPS) is 14.7. The van der Waals surface area contributed by atoms with Gasteiger partial charge in [-0.05, 0) is 24.1 Å². The van der Waals surface area contributed by atoms with Crippen LogP contribution in [0.3, 0.4) is 0 Å². The molecule has 0 aliphatic carbocycles. The minimum Gasteiger partial charge on any atom is -0.491 e.